The molecule has 1 amide bonds. The first kappa shape index (κ1) is 14.2. The molecule has 2 rings (SSSR count). The number of nitrogens with zero attached hydrogens (tertiary/aromatic N) is 1. The van der Waals surface area contributed by atoms with Crippen LogP contribution in [-0.2, 0) is 0 Å². The number of piperidine rings is 1. The van der Waals surface area contributed by atoms with Gasteiger partial charge in [-0.2, -0.15) is 0 Å². The van der Waals surface area contributed by atoms with Crippen molar-refractivity contribution in [2.24, 2.45) is 5.92 Å². The summed E-state index contributed by atoms with van der Waals surface area (Å²) in [5.41, 5.74) is 0.670. The highest BCUT2D eigenvalue weighted by atomic mass is 79.9. The molecule has 0 aliphatic carbocycles. The lowest BCUT2D eigenvalue weighted by molar-refractivity contribution is 0.0697. The van der Waals surface area contributed by atoms with Gasteiger partial charge in [0.2, 0.25) is 0 Å². The lowest BCUT2D eigenvalue weighted by Gasteiger charge is -2.31. The molecule has 1 saturated heterocycles. The Morgan fingerprint density at radius 2 is 2.06 bits per heavy atom. The van der Waals surface area contributed by atoms with Crippen molar-refractivity contribution in [1.82, 2.24) is 4.90 Å². The summed E-state index contributed by atoms with van der Waals surface area (Å²) < 4.78 is 0.750. The van der Waals surface area contributed by atoms with Crippen molar-refractivity contribution >= 4 is 45.0 Å². The summed E-state index contributed by atoms with van der Waals surface area (Å²) in [5, 5.41) is 0.624. The number of benzene rings is 1. The summed E-state index contributed by atoms with van der Waals surface area (Å²) in [7, 11) is 0. The molecule has 18 heavy (non-hydrogen) atoms. The number of hydrogen-bond acceptors (Lipinski definition) is 1. The van der Waals surface area contributed by atoms with E-state index in [0.29, 0.717) is 22.4 Å². The van der Waals surface area contributed by atoms with Gasteiger partial charge in [0.25, 0.3) is 5.91 Å². The van der Waals surface area contributed by atoms with Crippen molar-refractivity contribution in [2.75, 3.05) is 19.0 Å². The van der Waals surface area contributed by atoms with Gasteiger partial charge in [-0.3, -0.25) is 4.79 Å². The third-order valence-electron chi connectivity index (χ3n) is 3.28. The number of carbonyl (C=O) groups excluding carboxylic acids is 1. The van der Waals surface area contributed by atoms with Gasteiger partial charge in [-0.05, 0) is 52.9 Å². The lowest BCUT2D eigenvalue weighted by atomic mass is 9.98. The van der Waals surface area contributed by atoms with E-state index >= 15 is 0 Å². The Morgan fingerprint density at radius 3 is 2.61 bits per heavy atom. The van der Waals surface area contributed by atoms with Crippen LogP contribution in [0.2, 0.25) is 5.02 Å². The minimum atomic E-state index is 0.0616. The molecular formula is C13H14BrCl2NO. The average molecular weight is 351 g/mol. The summed E-state index contributed by atoms with van der Waals surface area (Å²) in [6, 6.07) is 5.26. The summed E-state index contributed by atoms with van der Waals surface area (Å²) in [6.45, 7) is 1.57. The number of likely N-dealkylation sites (tertiary alicyclic amines) is 1. The third-order valence-corrected chi connectivity index (χ3v) is 4.61. The van der Waals surface area contributed by atoms with Gasteiger partial charge in [0.05, 0.1) is 5.56 Å². The normalized spacial score (nSPS) is 16.9. The van der Waals surface area contributed by atoms with Gasteiger partial charge in [-0.1, -0.05) is 11.6 Å². The fourth-order valence-electron chi connectivity index (χ4n) is 2.12. The SMILES string of the molecule is O=C(c1ccc(Cl)cc1Br)N1CCC(CCl)CC1. The van der Waals surface area contributed by atoms with E-state index in [1.54, 1.807) is 18.2 Å². The van der Waals surface area contributed by atoms with Crippen LogP contribution < -0.4 is 0 Å². The molecule has 0 N–H and O–H groups in total. The van der Waals surface area contributed by atoms with Gasteiger partial charge >= 0.3 is 0 Å². The van der Waals surface area contributed by atoms with Crippen molar-refractivity contribution in [1.29, 1.82) is 0 Å². The largest absolute Gasteiger partial charge is 0.339 e. The molecule has 0 aromatic heterocycles. The van der Waals surface area contributed by atoms with Crippen LogP contribution in [0.1, 0.15) is 23.2 Å². The predicted molar refractivity (Wildman–Crippen MR) is 78.5 cm³/mol. The topological polar surface area (TPSA) is 20.3 Å². The van der Waals surface area contributed by atoms with E-state index in [1.165, 1.54) is 0 Å². The fraction of sp³-hybridized carbons (Fsp3) is 0.462. The van der Waals surface area contributed by atoms with E-state index in [1.807, 2.05) is 4.90 Å². The van der Waals surface area contributed by atoms with Gasteiger partial charge in [-0.15, -0.1) is 11.6 Å². The summed E-state index contributed by atoms with van der Waals surface area (Å²) in [6.07, 6.45) is 1.97. The highest BCUT2D eigenvalue weighted by molar-refractivity contribution is 9.10. The first-order valence-corrected chi connectivity index (χ1v) is 7.62. The van der Waals surface area contributed by atoms with Gasteiger partial charge in [-0.25, -0.2) is 0 Å². The zero-order valence-electron chi connectivity index (χ0n) is 9.83. The van der Waals surface area contributed by atoms with Crippen LogP contribution in [-0.4, -0.2) is 29.8 Å². The van der Waals surface area contributed by atoms with E-state index in [-0.39, 0.29) is 5.91 Å². The van der Waals surface area contributed by atoms with Crippen molar-refractivity contribution in [3.05, 3.63) is 33.3 Å². The Morgan fingerprint density at radius 1 is 1.39 bits per heavy atom. The molecule has 0 atom stereocenters. The molecule has 0 bridgehead atoms. The predicted octanol–water partition coefficient (Wildman–Crippen LogP) is 4.19. The molecule has 0 saturated carbocycles. The van der Waals surface area contributed by atoms with Crippen LogP contribution in [0.25, 0.3) is 0 Å². The second-order valence-electron chi connectivity index (χ2n) is 4.51. The standard InChI is InChI=1S/C13H14BrCl2NO/c14-12-7-10(16)1-2-11(12)13(18)17-5-3-9(8-15)4-6-17/h1-2,7,9H,3-6,8H2. The molecule has 1 aliphatic heterocycles. The maximum Gasteiger partial charge on any atom is 0.254 e. The maximum absolute atomic E-state index is 12.3. The quantitative estimate of drug-likeness (QED) is 0.732. The zero-order chi connectivity index (χ0) is 13.1. The van der Waals surface area contributed by atoms with E-state index in [9.17, 15) is 4.79 Å². The van der Waals surface area contributed by atoms with Gasteiger partial charge in [0.1, 0.15) is 0 Å². The van der Waals surface area contributed by atoms with E-state index in [4.69, 9.17) is 23.2 Å². The van der Waals surface area contributed by atoms with Crippen LogP contribution >= 0.6 is 39.1 Å². The molecule has 2 nitrogen and oxygen atoms in total. The van der Waals surface area contributed by atoms with Crippen LogP contribution in [0.4, 0.5) is 0 Å². The molecule has 1 fully saturated rings. The van der Waals surface area contributed by atoms with Gasteiger partial charge in [0, 0.05) is 28.5 Å². The molecule has 1 aromatic carbocycles. The number of amides is 1. The van der Waals surface area contributed by atoms with E-state index in [2.05, 4.69) is 15.9 Å². The second kappa shape index (κ2) is 6.27. The first-order valence-electron chi connectivity index (χ1n) is 5.92. The number of rotatable bonds is 2. The summed E-state index contributed by atoms with van der Waals surface area (Å²) in [5.74, 6) is 1.29. The lowest BCUT2D eigenvalue weighted by Crippen LogP contribution is -2.39. The minimum Gasteiger partial charge on any atom is -0.339 e. The number of hydrogen-bond donors (Lipinski definition) is 0. The molecule has 0 spiro atoms. The van der Waals surface area contributed by atoms with Crippen molar-refractivity contribution in [3.63, 3.8) is 0 Å². The summed E-state index contributed by atoms with van der Waals surface area (Å²) in [4.78, 5) is 14.2. The average Bonchev–Trinajstić information content (AvgIpc) is 2.38. The molecule has 5 heteroatoms. The van der Waals surface area contributed by atoms with Crippen molar-refractivity contribution in [3.8, 4) is 0 Å². The van der Waals surface area contributed by atoms with Gasteiger partial charge < -0.3 is 4.90 Å². The molecule has 0 unspecified atom stereocenters. The Hall–Kier alpha value is -0.250. The Balaban J connectivity index is 2.08. The molecular weight excluding hydrogens is 337 g/mol. The maximum atomic E-state index is 12.3. The Kier molecular flexibility index (Phi) is 4.93. The van der Waals surface area contributed by atoms with Crippen LogP contribution in [0, 0.1) is 5.92 Å². The fourth-order valence-corrected chi connectivity index (χ4v) is 3.28. The summed E-state index contributed by atoms with van der Waals surface area (Å²) >= 11 is 15.1. The minimum absolute atomic E-state index is 0.0616. The van der Waals surface area contributed by atoms with E-state index in [0.717, 1.165) is 30.4 Å². The van der Waals surface area contributed by atoms with Crippen LogP contribution in [0.5, 0.6) is 0 Å². The molecule has 1 aromatic rings. The molecule has 1 heterocycles. The third kappa shape index (κ3) is 3.19. The Labute approximate surface area is 125 Å². The first-order chi connectivity index (χ1) is 8.61. The van der Waals surface area contributed by atoms with Crippen molar-refractivity contribution < 1.29 is 4.79 Å². The highest BCUT2D eigenvalue weighted by Gasteiger charge is 2.24. The zero-order valence-corrected chi connectivity index (χ0v) is 12.9. The monoisotopic (exact) mass is 349 g/mol. The number of carbonyl (C=O) groups is 1. The van der Waals surface area contributed by atoms with Crippen LogP contribution in [0.15, 0.2) is 22.7 Å². The molecule has 0 radical (unpaired) electrons. The molecule has 98 valence electrons. The highest BCUT2D eigenvalue weighted by Crippen LogP contribution is 2.25. The van der Waals surface area contributed by atoms with Gasteiger partial charge in [0.15, 0.2) is 0 Å². The van der Waals surface area contributed by atoms with E-state index < -0.39 is 0 Å². The number of alkyl halides is 1. The molecule has 1 aliphatic rings. The smallest absolute Gasteiger partial charge is 0.254 e. The van der Waals surface area contributed by atoms with Crippen LogP contribution in [0.3, 0.4) is 0 Å². The second-order valence-corrected chi connectivity index (χ2v) is 6.11. The Bertz CT molecular complexity index is 445. The number of halogens is 3. The van der Waals surface area contributed by atoms with Crippen molar-refractivity contribution in [2.45, 2.75) is 12.8 Å².